The van der Waals surface area contributed by atoms with Crippen molar-refractivity contribution in [2.75, 3.05) is 26.2 Å². The number of nitrogens with zero attached hydrogens (tertiary/aromatic N) is 1. The van der Waals surface area contributed by atoms with Gasteiger partial charge in [-0.1, -0.05) is 43.8 Å². The van der Waals surface area contributed by atoms with Gasteiger partial charge in [0, 0.05) is 25.3 Å². The Morgan fingerprint density at radius 1 is 1.25 bits per heavy atom. The highest BCUT2D eigenvalue weighted by atomic mass is 15.2. The Balaban J connectivity index is 0.000000612. The molecular formula is C18H28N2. The van der Waals surface area contributed by atoms with Crippen LogP contribution < -0.4 is 5.32 Å². The second-order valence-corrected chi connectivity index (χ2v) is 5.00. The zero-order valence-corrected chi connectivity index (χ0v) is 13.0. The highest BCUT2D eigenvalue weighted by Gasteiger charge is 2.11. The fraction of sp³-hybridized carbons (Fsp3) is 0.444. The second kappa shape index (κ2) is 9.38. The topological polar surface area (TPSA) is 15.3 Å². The Kier molecular flexibility index (Phi) is 7.74. The molecule has 2 nitrogen and oxygen atoms in total. The fourth-order valence-corrected chi connectivity index (χ4v) is 2.23. The summed E-state index contributed by atoms with van der Waals surface area (Å²) < 4.78 is 0. The molecule has 0 radical (unpaired) electrons. The molecule has 1 aliphatic heterocycles. The van der Waals surface area contributed by atoms with Gasteiger partial charge in [0.15, 0.2) is 0 Å². The number of rotatable bonds is 3. The van der Waals surface area contributed by atoms with Crippen molar-refractivity contribution in [1.29, 1.82) is 0 Å². The van der Waals surface area contributed by atoms with Crippen LogP contribution in [0.4, 0.5) is 0 Å². The van der Waals surface area contributed by atoms with Gasteiger partial charge in [0.2, 0.25) is 0 Å². The first-order valence-electron chi connectivity index (χ1n) is 7.53. The molecule has 1 aromatic rings. The molecule has 1 fully saturated rings. The quantitative estimate of drug-likeness (QED) is 0.844. The zero-order chi connectivity index (χ0) is 14.8. The van der Waals surface area contributed by atoms with Crippen molar-refractivity contribution in [1.82, 2.24) is 10.2 Å². The van der Waals surface area contributed by atoms with Gasteiger partial charge in [0.25, 0.3) is 0 Å². The van der Waals surface area contributed by atoms with Gasteiger partial charge in [0.05, 0.1) is 0 Å². The Bertz CT molecular complexity index is 398. The van der Waals surface area contributed by atoms with Crippen LogP contribution in [0.1, 0.15) is 31.4 Å². The predicted molar refractivity (Wildman–Crippen MR) is 89.8 cm³/mol. The van der Waals surface area contributed by atoms with Crippen molar-refractivity contribution in [3.05, 3.63) is 54.6 Å². The normalized spacial score (nSPS) is 14.8. The third kappa shape index (κ3) is 5.22. The minimum absolute atomic E-state index is 1.06. The standard InChI is InChI=1S/C15H22N2.C3H6/c1-3-14-5-7-15(8-6-14)13(2)17-11-4-9-16-10-12-17;1-3-2/h5-8,16H,2-4,9-12H2,1H3;3H,1H2,2H3. The van der Waals surface area contributed by atoms with E-state index in [1.165, 1.54) is 17.5 Å². The lowest BCUT2D eigenvalue weighted by Crippen LogP contribution is -2.26. The first kappa shape index (κ1) is 16.5. The summed E-state index contributed by atoms with van der Waals surface area (Å²) >= 11 is 0. The Labute approximate surface area is 124 Å². The number of hydrogen-bond acceptors (Lipinski definition) is 2. The summed E-state index contributed by atoms with van der Waals surface area (Å²) in [5.41, 5.74) is 3.81. The van der Waals surface area contributed by atoms with E-state index in [-0.39, 0.29) is 0 Å². The maximum atomic E-state index is 4.24. The summed E-state index contributed by atoms with van der Waals surface area (Å²) in [5.74, 6) is 0. The van der Waals surface area contributed by atoms with E-state index in [4.69, 9.17) is 0 Å². The van der Waals surface area contributed by atoms with Crippen LogP contribution in [0.15, 0.2) is 43.5 Å². The lowest BCUT2D eigenvalue weighted by Gasteiger charge is -2.24. The molecule has 0 amide bonds. The molecule has 20 heavy (non-hydrogen) atoms. The summed E-state index contributed by atoms with van der Waals surface area (Å²) in [5, 5.41) is 3.42. The number of hydrogen-bond donors (Lipinski definition) is 1. The van der Waals surface area contributed by atoms with Crippen LogP contribution in [0.5, 0.6) is 0 Å². The third-order valence-electron chi connectivity index (χ3n) is 3.42. The average molecular weight is 272 g/mol. The predicted octanol–water partition coefficient (Wildman–Crippen LogP) is 3.71. The molecule has 0 saturated carbocycles. The van der Waals surface area contributed by atoms with Crippen LogP contribution >= 0.6 is 0 Å². The molecular weight excluding hydrogens is 244 g/mol. The SMILES string of the molecule is C=C(c1ccc(CC)cc1)N1CCCNCC1.C=CC. The minimum atomic E-state index is 1.06. The zero-order valence-electron chi connectivity index (χ0n) is 13.0. The van der Waals surface area contributed by atoms with E-state index in [0.29, 0.717) is 0 Å². The molecule has 2 heteroatoms. The summed E-state index contributed by atoms with van der Waals surface area (Å²) in [4.78, 5) is 2.39. The maximum absolute atomic E-state index is 4.24. The highest BCUT2D eigenvalue weighted by molar-refractivity contribution is 5.62. The molecule has 1 saturated heterocycles. The van der Waals surface area contributed by atoms with E-state index < -0.39 is 0 Å². The van der Waals surface area contributed by atoms with Crippen LogP contribution in [0, 0.1) is 0 Å². The van der Waals surface area contributed by atoms with Crippen LogP contribution in [0.3, 0.4) is 0 Å². The molecule has 0 unspecified atom stereocenters. The third-order valence-corrected chi connectivity index (χ3v) is 3.42. The van der Waals surface area contributed by atoms with Crippen LogP contribution in [0.2, 0.25) is 0 Å². The van der Waals surface area contributed by atoms with E-state index in [1.807, 2.05) is 6.92 Å². The lowest BCUT2D eigenvalue weighted by molar-refractivity contribution is 0.425. The van der Waals surface area contributed by atoms with Crippen molar-refractivity contribution >= 4 is 5.70 Å². The first-order chi connectivity index (χ1) is 9.72. The van der Waals surface area contributed by atoms with Crippen LogP contribution in [-0.4, -0.2) is 31.1 Å². The van der Waals surface area contributed by atoms with E-state index >= 15 is 0 Å². The molecule has 0 aliphatic carbocycles. The van der Waals surface area contributed by atoms with Gasteiger partial charge in [-0.05, 0) is 37.4 Å². The van der Waals surface area contributed by atoms with Crippen molar-refractivity contribution in [2.24, 2.45) is 0 Å². The van der Waals surface area contributed by atoms with E-state index in [9.17, 15) is 0 Å². The summed E-state index contributed by atoms with van der Waals surface area (Å²) in [6, 6.07) is 8.80. The fourth-order valence-electron chi connectivity index (χ4n) is 2.23. The molecule has 2 rings (SSSR count). The second-order valence-electron chi connectivity index (χ2n) is 5.00. The molecule has 110 valence electrons. The van der Waals surface area contributed by atoms with Gasteiger partial charge in [-0.3, -0.25) is 0 Å². The molecule has 0 bridgehead atoms. The molecule has 0 atom stereocenters. The van der Waals surface area contributed by atoms with Crippen LogP contribution in [0.25, 0.3) is 5.70 Å². The van der Waals surface area contributed by atoms with Gasteiger partial charge in [0.1, 0.15) is 0 Å². The van der Waals surface area contributed by atoms with Gasteiger partial charge in [-0.25, -0.2) is 0 Å². The maximum Gasteiger partial charge on any atom is 0.0367 e. The van der Waals surface area contributed by atoms with Crippen LogP contribution in [-0.2, 0) is 6.42 Å². The van der Waals surface area contributed by atoms with Crippen molar-refractivity contribution < 1.29 is 0 Å². The van der Waals surface area contributed by atoms with E-state index in [0.717, 1.165) is 38.3 Å². The van der Waals surface area contributed by atoms with Crippen molar-refractivity contribution in [3.63, 3.8) is 0 Å². The number of benzene rings is 1. The van der Waals surface area contributed by atoms with E-state index in [1.54, 1.807) is 6.08 Å². The Hall–Kier alpha value is -1.54. The Morgan fingerprint density at radius 3 is 2.50 bits per heavy atom. The van der Waals surface area contributed by atoms with Gasteiger partial charge < -0.3 is 10.2 Å². The summed E-state index contributed by atoms with van der Waals surface area (Å²) in [6.45, 7) is 16.0. The molecule has 1 heterocycles. The van der Waals surface area contributed by atoms with Gasteiger partial charge in [-0.2, -0.15) is 0 Å². The average Bonchev–Trinajstić information content (AvgIpc) is 2.76. The van der Waals surface area contributed by atoms with Gasteiger partial charge in [-0.15, -0.1) is 6.58 Å². The molecule has 1 N–H and O–H groups in total. The van der Waals surface area contributed by atoms with Gasteiger partial charge >= 0.3 is 0 Å². The molecule has 1 aliphatic rings. The monoisotopic (exact) mass is 272 g/mol. The summed E-state index contributed by atoms with van der Waals surface area (Å²) in [7, 11) is 0. The van der Waals surface area contributed by atoms with Crippen molar-refractivity contribution in [2.45, 2.75) is 26.7 Å². The smallest absolute Gasteiger partial charge is 0.0367 e. The molecule has 0 spiro atoms. The minimum Gasteiger partial charge on any atom is -0.370 e. The molecule has 0 aromatic heterocycles. The number of nitrogens with one attached hydrogen (secondary N) is 1. The molecule has 1 aromatic carbocycles. The summed E-state index contributed by atoms with van der Waals surface area (Å²) in [6.07, 6.45) is 4.05. The number of aryl methyl sites for hydroxylation is 1. The largest absolute Gasteiger partial charge is 0.370 e. The van der Waals surface area contributed by atoms with E-state index in [2.05, 4.69) is 54.6 Å². The highest BCUT2D eigenvalue weighted by Crippen LogP contribution is 2.18. The Morgan fingerprint density at radius 2 is 1.90 bits per heavy atom. The number of allylic oxidation sites excluding steroid dienone is 1. The lowest BCUT2D eigenvalue weighted by atomic mass is 10.1. The van der Waals surface area contributed by atoms with Crippen molar-refractivity contribution in [3.8, 4) is 0 Å². The first-order valence-corrected chi connectivity index (χ1v) is 7.53.